The molecule has 2 heterocycles. The van der Waals surface area contributed by atoms with E-state index >= 15 is 0 Å². The molecule has 4 rings (SSSR count). The van der Waals surface area contributed by atoms with E-state index in [2.05, 4.69) is 34.1 Å². The molecule has 1 saturated heterocycles. The lowest BCUT2D eigenvalue weighted by molar-refractivity contribution is 0.191. The first kappa shape index (κ1) is 17.3. The molecular weight excluding hydrogens is 327 g/mol. The lowest BCUT2D eigenvalue weighted by atomic mass is 10.0. The van der Waals surface area contributed by atoms with Crippen molar-refractivity contribution in [1.29, 1.82) is 0 Å². The first-order valence-electron chi connectivity index (χ1n) is 9.75. The Bertz CT molecular complexity index is 710. The number of piperidine rings is 1. The lowest BCUT2D eigenvalue weighted by Gasteiger charge is -2.38. The van der Waals surface area contributed by atoms with E-state index in [-0.39, 0.29) is 5.82 Å². The summed E-state index contributed by atoms with van der Waals surface area (Å²) in [7, 11) is 0. The summed E-state index contributed by atoms with van der Waals surface area (Å²) in [5, 5.41) is 0. The van der Waals surface area contributed by atoms with Crippen molar-refractivity contribution in [2.24, 2.45) is 0 Å². The normalized spacial score (nSPS) is 18.1. The van der Waals surface area contributed by atoms with Gasteiger partial charge < -0.3 is 14.5 Å². The Balaban J connectivity index is 1.18. The van der Waals surface area contributed by atoms with Crippen molar-refractivity contribution < 1.29 is 9.13 Å². The van der Waals surface area contributed by atoms with Crippen molar-refractivity contribution in [3.8, 4) is 5.75 Å². The summed E-state index contributed by atoms with van der Waals surface area (Å²) in [5.74, 6) is 0.527. The summed E-state index contributed by atoms with van der Waals surface area (Å²) in [6, 6.07) is 15.8. The van der Waals surface area contributed by atoms with Gasteiger partial charge >= 0.3 is 0 Å². The standard InChI is InChI=1S/C22H27FN2O/c23-19-6-8-21(9-7-19)26-17-3-13-24-14-11-20(12-15-24)25-16-10-18-4-1-2-5-22(18)25/h1-2,4-9,20H,3,10-17H2. The molecule has 138 valence electrons. The zero-order valence-corrected chi connectivity index (χ0v) is 15.2. The van der Waals surface area contributed by atoms with Crippen LogP contribution in [-0.2, 0) is 6.42 Å². The first-order chi connectivity index (χ1) is 12.8. The fourth-order valence-electron chi connectivity index (χ4n) is 4.21. The number of halogens is 1. The van der Waals surface area contributed by atoms with Crippen LogP contribution in [0.3, 0.4) is 0 Å². The van der Waals surface area contributed by atoms with E-state index in [1.54, 1.807) is 12.1 Å². The topological polar surface area (TPSA) is 15.7 Å². The molecule has 0 radical (unpaired) electrons. The number of rotatable bonds is 6. The molecule has 0 bridgehead atoms. The van der Waals surface area contributed by atoms with Crippen LogP contribution in [0.2, 0.25) is 0 Å². The van der Waals surface area contributed by atoms with E-state index in [4.69, 9.17) is 4.74 Å². The largest absolute Gasteiger partial charge is 0.494 e. The molecule has 0 saturated carbocycles. The molecule has 2 aliphatic heterocycles. The predicted octanol–water partition coefficient (Wildman–Crippen LogP) is 4.12. The quantitative estimate of drug-likeness (QED) is 0.726. The van der Waals surface area contributed by atoms with Crippen LogP contribution in [0.5, 0.6) is 5.75 Å². The van der Waals surface area contributed by atoms with E-state index in [9.17, 15) is 4.39 Å². The van der Waals surface area contributed by atoms with Gasteiger partial charge in [-0.15, -0.1) is 0 Å². The number of anilines is 1. The smallest absolute Gasteiger partial charge is 0.123 e. The average molecular weight is 354 g/mol. The zero-order valence-electron chi connectivity index (χ0n) is 15.2. The Morgan fingerprint density at radius 2 is 1.73 bits per heavy atom. The van der Waals surface area contributed by atoms with E-state index in [0.29, 0.717) is 12.6 Å². The number of para-hydroxylation sites is 1. The van der Waals surface area contributed by atoms with Crippen molar-refractivity contribution in [3.05, 3.63) is 59.9 Å². The van der Waals surface area contributed by atoms with Gasteiger partial charge in [-0.25, -0.2) is 4.39 Å². The molecule has 2 aromatic carbocycles. The van der Waals surface area contributed by atoms with Crippen LogP contribution in [0.15, 0.2) is 48.5 Å². The summed E-state index contributed by atoms with van der Waals surface area (Å²) < 4.78 is 18.6. The van der Waals surface area contributed by atoms with Gasteiger partial charge in [0.2, 0.25) is 0 Å². The van der Waals surface area contributed by atoms with Crippen molar-refractivity contribution in [3.63, 3.8) is 0 Å². The molecule has 26 heavy (non-hydrogen) atoms. The Morgan fingerprint density at radius 1 is 0.962 bits per heavy atom. The van der Waals surface area contributed by atoms with Gasteiger partial charge in [0.15, 0.2) is 0 Å². The Hall–Kier alpha value is -2.07. The minimum atomic E-state index is -0.221. The summed E-state index contributed by atoms with van der Waals surface area (Å²) in [6.07, 6.45) is 4.69. The van der Waals surface area contributed by atoms with Crippen molar-refractivity contribution in [2.45, 2.75) is 31.7 Å². The van der Waals surface area contributed by atoms with Gasteiger partial charge in [-0.2, -0.15) is 0 Å². The molecule has 3 nitrogen and oxygen atoms in total. The second-order valence-corrected chi connectivity index (χ2v) is 7.30. The van der Waals surface area contributed by atoms with Gasteiger partial charge in [-0.05, 0) is 61.6 Å². The summed E-state index contributed by atoms with van der Waals surface area (Å²) >= 11 is 0. The van der Waals surface area contributed by atoms with Crippen molar-refractivity contribution in [1.82, 2.24) is 4.90 Å². The molecule has 0 aliphatic carbocycles. The molecule has 0 spiro atoms. The third-order valence-electron chi connectivity index (χ3n) is 5.62. The average Bonchev–Trinajstić information content (AvgIpc) is 3.11. The van der Waals surface area contributed by atoms with Crippen LogP contribution < -0.4 is 9.64 Å². The minimum Gasteiger partial charge on any atom is -0.494 e. The number of nitrogens with zero attached hydrogens (tertiary/aromatic N) is 2. The third kappa shape index (κ3) is 4.01. The van der Waals surface area contributed by atoms with Gasteiger partial charge in [-0.3, -0.25) is 0 Å². The fraction of sp³-hybridized carbons (Fsp3) is 0.455. The molecule has 0 aromatic heterocycles. The molecule has 1 fully saturated rings. The molecule has 0 unspecified atom stereocenters. The highest BCUT2D eigenvalue weighted by Gasteiger charge is 2.28. The van der Waals surface area contributed by atoms with Gasteiger partial charge in [0.1, 0.15) is 11.6 Å². The second kappa shape index (κ2) is 8.09. The molecule has 0 atom stereocenters. The zero-order chi connectivity index (χ0) is 17.8. The van der Waals surface area contributed by atoms with Crippen LogP contribution in [0.25, 0.3) is 0 Å². The Morgan fingerprint density at radius 3 is 2.54 bits per heavy atom. The van der Waals surface area contributed by atoms with E-state index < -0.39 is 0 Å². The second-order valence-electron chi connectivity index (χ2n) is 7.30. The van der Waals surface area contributed by atoms with Crippen LogP contribution >= 0.6 is 0 Å². The highest BCUT2D eigenvalue weighted by molar-refractivity contribution is 5.58. The monoisotopic (exact) mass is 354 g/mol. The highest BCUT2D eigenvalue weighted by Crippen LogP contribution is 2.32. The van der Waals surface area contributed by atoms with Gasteiger partial charge in [0.05, 0.1) is 6.61 Å². The van der Waals surface area contributed by atoms with Gasteiger partial charge in [0.25, 0.3) is 0 Å². The molecule has 0 amide bonds. The number of benzene rings is 2. The Kier molecular flexibility index (Phi) is 5.40. The first-order valence-corrected chi connectivity index (χ1v) is 9.75. The van der Waals surface area contributed by atoms with Crippen molar-refractivity contribution >= 4 is 5.69 Å². The molecular formula is C22H27FN2O. The molecule has 2 aromatic rings. The summed E-state index contributed by atoms with van der Waals surface area (Å²) in [6.45, 7) is 5.27. The van der Waals surface area contributed by atoms with Crippen LogP contribution in [0.4, 0.5) is 10.1 Å². The maximum atomic E-state index is 12.9. The number of hydrogen-bond donors (Lipinski definition) is 0. The number of hydrogen-bond acceptors (Lipinski definition) is 3. The van der Waals surface area contributed by atoms with Crippen LogP contribution in [-0.4, -0.2) is 43.7 Å². The van der Waals surface area contributed by atoms with Crippen molar-refractivity contribution in [2.75, 3.05) is 37.7 Å². The highest BCUT2D eigenvalue weighted by atomic mass is 19.1. The maximum Gasteiger partial charge on any atom is 0.123 e. The maximum absolute atomic E-state index is 12.9. The van der Waals surface area contributed by atoms with Crippen LogP contribution in [0, 0.1) is 5.82 Å². The Labute approximate surface area is 155 Å². The van der Waals surface area contributed by atoms with E-state index in [1.165, 1.54) is 62.3 Å². The summed E-state index contributed by atoms with van der Waals surface area (Å²) in [4.78, 5) is 5.18. The van der Waals surface area contributed by atoms with Crippen LogP contribution in [0.1, 0.15) is 24.8 Å². The number of likely N-dealkylation sites (tertiary alicyclic amines) is 1. The molecule has 4 heteroatoms. The minimum absolute atomic E-state index is 0.221. The van der Waals surface area contributed by atoms with Gasteiger partial charge in [-0.1, -0.05) is 18.2 Å². The predicted molar refractivity (Wildman–Crippen MR) is 103 cm³/mol. The van der Waals surface area contributed by atoms with E-state index in [0.717, 1.165) is 18.7 Å². The number of fused-ring (bicyclic) bond motifs is 1. The van der Waals surface area contributed by atoms with E-state index in [1.807, 2.05) is 0 Å². The lowest BCUT2D eigenvalue weighted by Crippen LogP contribution is -2.44. The third-order valence-corrected chi connectivity index (χ3v) is 5.62. The molecule has 2 aliphatic rings. The SMILES string of the molecule is Fc1ccc(OCCCN2CCC(N3CCc4ccccc43)CC2)cc1. The van der Waals surface area contributed by atoms with Gasteiger partial charge in [0, 0.05) is 37.9 Å². The molecule has 0 N–H and O–H groups in total. The fourth-order valence-corrected chi connectivity index (χ4v) is 4.21. The number of ether oxygens (including phenoxy) is 1. The summed E-state index contributed by atoms with van der Waals surface area (Å²) in [5.41, 5.74) is 2.96.